The van der Waals surface area contributed by atoms with Gasteiger partial charge in [-0.2, -0.15) is 0 Å². The second-order valence-corrected chi connectivity index (χ2v) is 15.8. The van der Waals surface area contributed by atoms with Crippen molar-refractivity contribution in [2.45, 2.75) is 111 Å². The van der Waals surface area contributed by atoms with Gasteiger partial charge in [0.25, 0.3) is 0 Å². The van der Waals surface area contributed by atoms with E-state index in [0.29, 0.717) is 17.8 Å². The van der Waals surface area contributed by atoms with Crippen molar-refractivity contribution in [3.8, 4) is 0 Å². The van der Waals surface area contributed by atoms with Crippen molar-refractivity contribution in [2.75, 3.05) is 11.9 Å². The molecule has 5 fully saturated rings. The Labute approximate surface area is 254 Å². The van der Waals surface area contributed by atoms with E-state index < -0.39 is 16.8 Å². The van der Waals surface area contributed by atoms with Gasteiger partial charge in [-0.25, -0.2) is 0 Å². The molecule has 41 heavy (non-hydrogen) atoms. The highest BCUT2D eigenvalue weighted by atomic mass is 79.9. The summed E-state index contributed by atoms with van der Waals surface area (Å²) in [6.07, 6.45) is 10.5. The van der Waals surface area contributed by atoms with Crippen LogP contribution in [0.5, 0.6) is 0 Å². The first-order chi connectivity index (χ1) is 19.2. The molecule has 5 aliphatic rings. The molecule has 0 radical (unpaired) electrons. The lowest BCUT2D eigenvalue weighted by Gasteiger charge is -2.64. The summed E-state index contributed by atoms with van der Waals surface area (Å²) in [4.78, 5) is 37.1. The van der Waals surface area contributed by atoms with Gasteiger partial charge in [0, 0.05) is 24.6 Å². The Morgan fingerprint density at radius 2 is 1.54 bits per heavy atom. The number of halogens is 1. The van der Waals surface area contributed by atoms with Crippen molar-refractivity contribution in [1.82, 2.24) is 0 Å². The molecule has 7 heteroatoms. The van der Waals surface area contributed by atoms with Gasteiger partial charge in [0.15, 0.2) is 0 Å². The molecular formula is C34H51BrO6. The average molecular weight is 636 g/mol. The number of carbonyl (C=O) groups is 3. The van der Waals surface area contributed by atoms with Crippen LogP contribution in [-0.2, 0) is 23.9 Å². The lowest BCUT2D eigenvalue weighted by Crippen LogP contribution is -2.61. The molecule has 0 bridgehead atoms. The van der Waals surface area contributed by atoms with E-state index in [-0.39, 0.29) is 53.2 Å². The van der Waals surface area contributed by atoms with E-state index in [9.17, 15) is 19.5 Å². The zero-order valence-electron chi connectivity index (χ0n) is 25.8. The predicted molar refractivity (Wildman–Crippen MR) is 161 cm³/mol. The van der Waals surface area contributed by atoms with Crippen LogP contribution in [0.15, 0.2) is 12.2 Å². The summed E-state index contributed by atoms with van der Waals surface area (Å²) in [7, 11) is 0. The van der Waals surface area contributed by atoms with Crippen LogP contribution in [0.25, 0.3) is 0 Å². The molecule has 11 atom stereocenters. The van der Waals surface area contributed by atoms with Crippen LogP contribution in [0.4, 0.5) is 0 Å². The average Bonchev–Trinajstić information content (AvgIpc) is 3.24. The minimum Gasteiger partial charge on any atom is -0.481 e. The molecule has 0 spiro atoms. The Balaban J connectivity index is 1.51. The molecule has 0 heterocycles. The fourth-order valence-corrected chi connectivity index (χ4v) is 12.2. The Hall–Kier alpha value is -1.37. The topological polar surface area (TPSA) is 89.9 Å². The van der Waals surface area contributed by atoms with E-state index >= 15 is 0 Å². The summed E-state index contributed by atoms with van der Waals surface area (Å²) < 4.78 is 11.6. The summed E-state index contributed by atoms with van der Waals surface area (Å²) in [5.41, 5.74) is 0.248. The van der Waals surface area contributed by atoms with Gasteiger partial charge in [-0.15, -0.1) is 0 Å². The van der Waals surface area contributed by atoms with Crippen molar-refractivity contribution < 1.29 is 29.0 Å². The molecule has 0 aliphatic heterocycles. The molecule has 1 N–H and O–H groups in total. The molecule has 6 nitrogen and oxygen atoms in total. The van der Waals surface area contributed by atoms with Gasteiger partial charge in [0.1, 0.15) is 12.7 Å². The number of aliphatic carboxylic acids is 1. The molecular weight excluding hydrogens is 584 g/mol. The number of fused-ring (bicyclic) bond motifs is 7. The quantitative estimate of drug-likeness (QED) is 0.184. The Morgan fingerprint density at radius 1 is 0.854 bits per heavy atom. The maximum Gasteiger partial charge on any atom is 0.309 e. The predicted octanol–water partition coefficient (Wildman–Crippen LogP) is 7.58. The number of esters is 2. The van der Waals surface area contributed by atoms with Gasteiger partial charge in [-0.05, 0) is 111 Å². The van der Waals surface area contributed by atoms with Crippen molar-refractivity contribution in [3.05, 3.63) is 12.2 Å². The standard InChI is InChI=1S/C34H51BrO6/c1-20(18-35)23-12-15-34(30(38)39)17-16-31(4)24-8-7-9-27-32(5,25(24)10-11-26(31)29(23)34)14-13-28(41-22(3)37)33(27,6)19-40-21(2)36/h23-29H,1,7-19H2,2-6H3,(H,38,39)/t23?,24-,25?,26?,27?,28-,29?,31-,32+,33-,34?/m0/s1. The lowest BCUT2D eigenvalue weighted by molar-refractivity contribution is -0.203. The first-order valence-corrected chi connectivity index (χ1v) is 17.1. The molecule has 0 aromatic heterocycles. The number of rotatable bonds is 6. The highest BCUT2D eigenvalue weighted by molar-refractivity contribution is 9.09. The van der Waals surface area contributed by atoms with Crippen LogP contribution >= 0.6 is 15.9 Å². The van der Waals surface area contributed by atoms with Crippen LogP contribution < -0.4 is 0 Å². The van der Waals surface area contributed by atoms with Crippen LogP contribution in [-0.4, -0.2) is 41.1 Å². The second-order valence-electron chi connectivity index (χ2n) is 15.2. The largest absolute Gasteiger partial charge is 0.481 e. The molecule has 5 aliphatic carbocycles. The third-order valence-electron chi connectivity index (χ3n) is 13.6. The van der Waals surface area contributed by atoms with E-state index in [4.69, 9.17) is 9.47 Å². The lowest BCUT2D eigenvalue weighted by atomic mass is 9.40. The molecule has 0 aromatic carbocycles. The summed E-state index contributed by atoms with van der Waals surface area (Å²) in [5, 5.41) is 11.4. The Bertz CT molecular complexity index is 1090. The van der Waals surface area contributed by atoms with Gasteiger partial charge in [0.05, 0.1) is 5.41 Å². The number of hydrogen-bond acceptors (Lipinski definition) is 5. The summed E-state index contributed by atoms with van der Waals surface area (Å²) in [5.74, 6) is 0.991. The minimum atomic E-state index is -0.616. The highest BCUT2D eigenvalue weighted by Gasteiger charge is 2.68. The summed E-state index contributed by atoms with van der Waals surface area (Å²) in [6.45, 7) is 14.8. The SMILES string of the molecule is C=C(CBr)C1CCC2(C(=O)O)CC[C@]3(C)C(CCC4[C@@H]3CCCC3[C@]4(C)CC[C@H](OC(C)=O)[C@@]3(C)COC(C)=O)C12. The highest BCUT2D eigenvalue weighted by Crippen LogP contribution is 2.73. The van der Waals surface area contributed by atoms with Gasteiger partial charge >= 0.3 is 17.9 Å². The van der Waals surface area contributed by atoms with Crippen molar-refractivity contribution in [1.29, 1.82) is 0 Å². The van der Waals surface area contributed by atoms with Crippen LogP contribution in [0.1, 0.15) is 105 Å². The molecule has 0 amide bonds. The van der Waals surface area contributed by atoms with E-state index in [1.54, 1.807) is 0 Å². The number of hydrogen-bond donors (Lipinski definition) is 1. The van der Waals surface area contributed by atoms with Crippen LogP contribution in [0.3, 0.4) is 0 Å². The minimum absolute atomic E-state index is 0.0383. The van der Waals surface area contributed by atoms with Crippen LogP contribution in [0, 0.1) is 57.2 Å². The molecule has 5 saturated carbocycles. The summed E-state index contributed by atoms with van der Waals surface area (Å²) in [6, 6.07) is 0. The molecule has 0 saturated heterocycles. The molecule has 0 aromatic rings. The van der Waals surface area contributed by atoms with E-state index in [1.807, 2.05) is 0 Å². The first kappa shape index (κ1) is 31.1. The van der Waals surface area contributed by atoms with E-state index in [0.717, 1.165) is 76.0 Å². The van der Waals surface area contributed by atoms with Gasteiger partial charge < -0.3 is 14.6 Å². The number of alkyl halides is 1. The first-order valence-electron chi connectivity index (χ1n) is 16.0. The Kier molecular flexibility index (Phi) is 8.31. The van der Waals surface area contributed by atoms with Gasteiger partial charge in [0.2, 0.25) is 0 Å². The van der Waals surface area contributed by atoms with Crippen molar-refractivity contribution in [3.63, 3.8) is 0 Å². The number of carboxylic acids is 1. The molecule has 230 valence electrons. The van der Waals surface area contributed by atoms with Crippen LogP contribution in [0.2, 0.25) is 0 Å². The molecule has 5 rings (SSSR count). The normalized spacial score (nSPS) is 47.0. The van der Waals surface area contributed by atoms with Crippen molar-refractivity contribution >= 4 is 33.8 Å². The fourth-order valence-electron chi connectivity index (χ4n) is 11.8. The van der Waals surface area contributed by atoms with E-state index in [2.05, 4.69) is 43.3 Å². The fraction of sp³-hybridized carbons (Fsp3) is 0.853. The van der Waals surface area contributed by atoms with Crippen molar-refractivity contribution in [2.24, 2.45) is 57.2 Å². The van der Waals surface area contributed by atoms with Gasteiger partial charge in [-0.1, -0.05) is 55.3 Å². The third kappa shape index (κ3) is 4.73. The molecule has 6 unspecified atom stereocenters. The number of ether oxygens (including phenoxy) is 2. The zero-order chi connectivity index (χ0) is 30.0. The maximum absolute atomic E-state index is 12.9. The number of carbonyl (C=O) groups excluding carboxylic acids is 2. The summed E-state index contributed by atoms with van der Waals surface area (Å²) >= 11 is 3.65. The Morgan fingerprint density at radius 3 is 2.17 bits per heavy atom. The van der Waals surface area contributed by atoms with Gasteiger partial charge in [-0.3, -0.25) is 14.4 Å². The number of allylic oxidation sites excluding steroid dienone is 1. The second kappa shape index (κ2) is 11.0. The maximum atomic E-state index is 12.9. The third-order valence-corrected chi connectivity index (χ3v) is 14.3. The zero-order valence-corrected chi connectivity index (χ0v) is 27.4. The number of carboxylic acid groups (broad SMARTS) is 1. The smallest absolute Gasteiger partial charge is 0.309 e. The monoisotopic (exact) mass is 634 g/mol. The van der Waals surface area contributed by atoms with E-state index in [1.165, 1.54) is 19.4 Å².